The fourth-order valence-corrected chi connectivity index (χ4v) is 2.86. The van der Waals surface area contributed by atoms with E-state index in [1.807, 2.05) is 24.4 Å². The van der Waals surface area contributed by atoms with Gasteiger partial charge in [-0.1, -0.05) is 6.07 Å². The first-order valence-electron chi connectivity index (χ1n) is 8.78. The second-order valence-corrected chi connectivity index (χ2v) is 6.03. The van der Waals surface area contributed by atoms with Crippen molar-refractivity contribution >= 4 is 17.5 Å². The molecule has 2 aromatic rings. The molecule has 0 radical (unpaired) electrons. The minimum absolute atomic E-state index is 0.183. The van der Waals surface area contributed by atoms with Crippen LogP contribution in [0.3, 0.4) is 0 Å². The molecule has 0 aromatic carbocycles. The Hall–Kier alpha value is -2.74. The highest BCUT2D eigenvalue weighted by molar-refractivity contribution is 5.92. The first kappa shape index (κ1) is 18.1. The minimum Gasteiger partial charge on any atom is -0.385 e. The Morgan fingerprint density at radius 3 is 2.58 bits per heavy atom. The normalized spacial score (nSPS) is 14.3. The van der Waals surface area contributed by atoms with Crippen molar-refractivity contribution in [1.82, 2.24) is 20.3 Å². The molecule has 3 rings (SSSR count). The number of nitrogens with one attached hydrogen (secondary N) is 1. The summed E-state index contributed by atoms with van der Waals surface area (Å²) in [6.45, 7) is 4.55. The Balaban J connectivity index is 1.56. The summed E-state index contributed by atoms with van der Waals surface area (Å²) in [4.78, 5) is 29.5. The Morgan fingerprint density at radius 1 is 1.12 bits per heavy atom. The Bertz CT molecular complexity index is 704. The van der Waals surface area contributed by atoms with E-state index in [-0.39, 0.29) is 5.91 Å². The van der Waals surface area contributed by atoms with Gasteiger partial charge >= 0.3 is 0 Å². The molecule has 138 valence electrons. The SMILES string of the molecule is COCCCNC(=O)c1cc(N2CCN(c3ccccn3)CC2)ncn1. The van der Waals surface area contributed by atoms with Gasteiger partial charge in [-0.2, -0.15) is 0 Å². The molecule has 0 atom stereocenters. The highest BCUT2D eigenvalue weighted by atomic mass is 16.5. The van der Waals surface area contributed by atoms with Gasteiger partial charge in [0.1, 0.15) is 23.7 Å². The predicted molar refractivity (Wildman–Crippen MR) is 99.5 cm³/mol. The number of pyridine rings is 1. The first-order chi connectivity index (χ1) is 12.8. The number of carbonyl (C=O) groups excluding carboxylic acids is 1. The third-order valence-electron chi connectivity index (χ3n) is 4.27. The zero-order valence-electron chi connectivity index (χ0n) is 15.0. The smallest absolute Gasteiger partial charge is 0.270 e. The molecule has 0 unspecified atom stereocenters. The van der Waals surface area contributed by atoms with Crippen LogP contribution in [-0.4, -0.2) is 67.3 Å². The summed E-state index contributed by atoms with van der Waals surface area (Å²) in [6, 6.07) is 7.69. The summed E-state index contributed by atoms with van der Waals surface area (Å²) in [5.41, 5.74) is 0.388. The number of carbonyl (C=O) groups is 1. The van der Waals surface area contributed by atoms with E-state index in [0.29, 0.717) is 18.8 Å². The number of ether oxygens (including phenoxy) is 1. The molecule has 1 aliphatic heterocycles. The first-order valence-corrected chi connectivity index (χ1v) is 8.78. The molecule has 3 heterocycles. The topological polar surface area (TPSA) is 83.5 Å². The number of aromatic nitrogens is 3. The van der Waals surface area contributed by atoms with Crippen LogP contribution in [0.2, 0.25) is 0 Å². The Morgan fingerprint density at radius 2 is 1.88 bits per heavy atom. The van der Waals surface area contributed by atoms with E-state index >= 15 is 0 Å². The molecule has 0 spiro atoms. The number of methoxy groups -OCH3 is 1. The number of rotatable bonds is 7. The largest absolute Gasteiger partial charge is 0.385 e. The zero-order valence-corrected chi connectivity index (χ0v) is 15.0. The fourth-order valence-electron chi connectivity index (χ4n) is 2.86. The Kier molecular flexibility index (Phi) is 6.32. The molecule has 1 saturated heterocycles. The number of amides is 1. The molecule has 0 aliphatic carbocycles. The molecule has 8 nitrogen and oxygen atoms in total. The summed E-state index contributed by atoms with van der Waals surface area (Å²) in [7, 11) is 1.64. The third-order valence-corrected chi connectivity index (χ3v) is 4.27. The van der Waals surface area contributed by atoms with E-state index < -0.39 is 0 Å². The summed E-state index contributed by atoms with van der Waals surface area (Å²) >= 11 is 0. The number of hydrogen-bond acceptors (Lipinski definition) is 7. The predicted octanol–water partition coefficient (Wildman–Crippen LogP) is 0.964. The molecule has 0 saturated carbocycles. The molecule has 0 bridgehead atoms. The van der Waals surface area contributed by atoms with Crippen LogP contribution in [0, 0.1) is 0 Å². The molecule has 1 fully saturated rings. The van der Waals surface area contributed by atoms with Crippen molar-refractivity contribution in [2.45, 2.75) is 6.42 Å². The maximum absolute atomic E-state index is 12.2. The van der Waals surface area contributed by atoms with Crippen molar-refractivity contribution in [2.24, 2.45) is 0 Å². The maximum Gasteiger partial charge on any atom is 0.270 e. The lowest BCUT2D eigenvalue weighted by Crippen LogP contribution is -2.47. The van der Waals surface area contributed by atoms with Gasteiger partial charge in [0.15, 0.2) is 0 Å². The quantitative estimate of drug-likeness (QED) is 0.740. The van der Waals surface area contributed by atoms with Gasteiger partial charge in [0, 0.05) is 58.7 Å². The number of piperazine rings is 1. The monoisotopic (exact) mass is 356 g/mol. The standard InChI is InChI=1S/C18H24N6O2/c1-26-12-4-7-20-18(25)15-13-17(22-14-21-15)24-10-8-23(9-11-24)16-5-2-3-6-19-16/h2-3,5-6,13-14H,4,7-12H2,1H3,(H,20,25). The molecule has 1 N–H and O–H groups in total. The van der Waals surface area contributed by atoms with E-state index in [4.69, 9.17) is 4.74 Å². The lowest BCUT2D eigenvalue weighted by Gasteiger charge is -2.36. The van der Waals surface area contributed by atoms with Gasteiger partial charge in [-0.3, -0.25) is 4.79 Å². The fraction of sp³-hybridized carbons (Fsp3) is 0.444. The molecule has 8 heteroatoms. The van der Waals surface area contributed by atoms with Crippen LogP contribution in [0.5, 0.6) is 0 Å². The number of nitrogens with zero attached hydrogens (tertiary/aromatic N) is 5. The van der Waals surface area contributed by atoms with Gasteiger partial charge in [-0.15, -0.1) is 0 Å². The second-order valence-electron chi connectivity index (χ2n) is 6.03. The minimum atomic E-state index is -0.183. The van der Waals surface area contributed by atoms with Crippen LogP contribution in [0.15, 0.2) is 36.8 Å². The lowest BCUT2D eigenvalue weighted by molar-refractivity contribution is 0.0943. The number of anilines is 2. The average Bonchev–Trinajstić information content (AvgIpc) is 2.72. The summed E-state index contributed by atoms with van der Waals surface area (Å²) in [6.07, 6.45) is 4.03. The van der Waals surface area contributed by atoms with Crippen molar-refractivity contribution in [2.75, 3.05) is 56.2 Å². The van der Waals surface area contributed by atoms with Crippen molar-refractivity contribution in [3.05, 3.63) is 42.5 Å². The van der Waals surface area contributed by atoms with Crippen LogP contribution in [0.25, 0.3) is 0 Å². The number of hydrogen-bond donors (Lipinski definition) is 1. The zero-order chi connectivity index (χ0) is 18.2. The van der Waals surface area contributed by atoms with E-state index in [1.165, 1.54) is 6.33 Å². The molecule has 1 aliphatic rings. The van der Waals surface area contributed by atoms with E-state index in [9.17, 15) is 4.79 Å². The molecule has 2 aromatic heterocycles. The van der Waals surface area contributed by atoms with Crippen molar-refractivity contribution in [3.63, 3.8) is 0 Å². The molecular formula is C18H24N6O2. The van der Waals surface area contributed by atoms with Crippen LogP contribution >= 0.6 is 0 Å². The third kappa shape index (κ3) is 4.66. The van der Waals surface area contributed by atoms with E-state index in [1.54, 1.807) is 13.2 Å². The summed E-state index contributed by atoms with van der Waals surface area (Å²) in [5, 5.41) is 2.85. The molecule has 26 heavy (non-hydrogen) atoms. The van der Waals surface area contributed by atoms with Crippen LogP contribution < -0.4 is 15.1 Å². The lowest BCUT2D eigenvalue weighted by atomic mass is 10.2. The van der Waals surface area contributed by atoms with Gasteiger partial charge < -0.3 is 19.9 Å². The maximum atomic E-state index is 12.2. The van der Waals surface area contributed by atoms with Crippen molar-refractivity contribution in [3.8, 4) is 0 Å². The van der Waals surface area contributed by atoms with E-state index in [0.717, 1.165) is 44.2 Å². The van der Waals surface area contributed by atoms with Crippen LogP contribution in [-0.2, 0) is 4.74 Å². The van der Waals surface area contributed by atoms with Gasteiger partial charge in [-0.05, 0) is 18.6 Å². The molecular weight excluding hydrogens is 332 g/mol. The molecule has 1 amide bonds. The van der Waals surface area contributed by atoms with Crippen molar-refractivity contribution in [1.29, 1.82) is 0 Å². The van der Waals surface area contributed by atoms with Gasteiger partial charge in [0.2, 0.25) is 0 Å². The average molecular weight is 356 g/mol. The highest BCUT2D eigenvalue weighted by Crippen LogP contribution is 2.17. The van der Waals surface area contributed by atoms with Gasteiger partial charge in [0.05, 0.1) is 0 Å². The second kappa shape index (κ2) is 9.10. The van der Waals surface area contributed by atoms with Crippen molar-refractivity contribution < 1.29 is 9.53 Å². The van der Waals surface area contributed by atoms with Crippen LogP contribution in [0.1, 0.15) is 16.9 Å². The van der Waals surface area contributed by atoms with Gasteiger partial charge in [-0.25, -0.2) is 15.0 Å². The summed E-state index contributed by atoms with van der Waals surface area (Å²) in [5.74, 6) is 1.59. The van der Waals surface area contributed by atoms with Crippen LogP contribution in [0.4, 0.5) is 11.6 Å². The highest BCUT2D eigenvalue weighted by Gasteiger charge is 2.20. The van der Waals surface area contributed by atoms with E-state index in [2.05, 4.69) is 30.1 Å². The van der Waals surface area contributed by atoms with Gasteiger partial charge in [0.25, 0.3) is 5.91 Å². The summed E-state index contributed by atoms with van der Waals surface area (Å²) < 4.78 is 4.98. The Labute approximate surface area is 153 Å².